The first-order valence-electron chi connectivity index (χ1n) is 4.70. The summed E-state index contributed by atoms with van der Waals surface area (Å²) in [5.74, 6) is -0.516. The summed E-state index contributed by atoms with van der Waals surface area (Å²) in [5, 5.41) is 10.7. The second-order valence-corrected chi connectivity index (χ2v) is 3.58. The van der Waals surface area contributed by atoms with Crippen molar-refractivity contribution < 1.29 is 14.5 Å². The van der Waals surface area contributed by atoms with Crippen LogP contribution in [0.3, 0.4) is 0 Å². The van der Waals surface area contributed by atoms with E-state index in [-0.39, 0.29) is 10.8 Å². The fraction of sp³-hybridized carbons (Fsp3) is 0.889. The molecular weight excluding hydrogens is 186 g/mol. The Morgan fingerprint density at radius 3 is 2.21 bits per heavy atom. The molecule has 0 aliphatic heterocycles. The molecule has 0 fully saturated rings. The van der Waals surface area contributed by atoms with Gasteiger partial charge in [0.25, 0.3) is 0 Å². The number of ether oxygens (including phenoxy) is 1. The van der Waals surface area contributed by atoms with Crippen molar-refractivity contribution in [1.29, 1.82) is 0 Å². The molecule has 82 valence electrons. The maximum Gasteiger partial charge on any atom is 0.303 e. The fourth-order valence-corrected chi connectivity index (χ4v) is 1.35. The van der Waals surface area contributed by atoms with E-state index in [1.54, 1.807) is 20.8 Å². The highest BCUT2D eigenvalue weighted by Gasteiger charge is 2.34. The molecule has 0 rings (SSSR count). The zero-order chi connectivity index (χ0) is 11.3. The van der Waals surface area contributed by atoms with E-state index in [4.69, 9.17) is 4.74 Å². The van der Waals surface area contributed by atoms with Crippen molar-refractivity contribution in [2.45, 2.75) is 46.3 Å². The van der Waals surface area contributed by atoms with Crippen LogP contribution in [-0.4, -0.2) is 23.0 Å². The second kappa shape index (κ2) is 5.57. The van der Waals surface area contributed by atoms with Gasteiger partial charge in [0.15, 0.2) is 6.10 Å². The van der Waals surface area contributed by atoms with Gasteiger partial charge in [-0.25, -0.2) is 0 Å². The number of rotatable bonds is 5. The molecule has 0 bridgehead atoms. The number of nitrogens with zero attached hydrogens (tertiary/aromatic N) is 1. The first-order chi connectivity index (χ1) is 6.40. The van der Waals surface area contributed by atoms with E-state index in [1.165, 1.54) is 6.92 Å². The van der Waals surface area contributed by atoms with Gasteiger partial charge in [0.2, 0.25) is 6.04 Å². The zero-order valence-electron chi connectivity index (χ0n) is 9.02. The quantitative estimate of drug-likeness (QED) is 0.387. The summed E-state index contributed by atoms with van der Waals surface area (Å²) in [6.45, 7) is 6.59. The average molecular weight is 203 g/mol. The molecule has 0 N–H and O–H groups in total. The molecule has 0 unspecified atom stereocenters. The summed E-state index contributed by atoms with van der Waals surface area (Å²) >= 11 is 0. The highest BCUT2D eigenvalue weighted by molar-refractivity contribution is 5.66. The zero-order valence-corrected chi connectivity index (χ0v) is 9.02. The Morgan fingerprint density at radius 1 is 1.50 bits per heavy atom. The van der Waals surface area contributed by atoms with Crippen LogP contribution in [0.15, 0.2) is 0 Å². The SMILES string of the molecule is CC[C@@H]([C@@H](OC(C)=O)C(C)C)[N+](=O)[O-]. The Labute approximate surface area is 83.6 Å². The van der Waals surface area contributed by atoms with E-state index in [0.29, 0.717) is 6.42 Å². The molecule has 0 saturated heterocycles. The number of esters is 1. The summed E-state index contributed by atoms with van der Waals surface area (Å²) in [4.78, 5) is 21.0. The van der Waals surface area contributed by atoms with E-state index in [1.807, 2.05) is 0 Å². The van der Waals surface area contributed by atoms with Crippen molar-refractivity contribution in [3.05, 3.63) is 10.1 Å². The summed E-state index contributed by atoms with van der Waals surface area (Å²) in [6.07, 6.45) is -0.268. The molecule has 0 spiro atoms. The lowest BCUT2D eigenvalue weighted by Crippen LogP contribution is -2.40. The molecule has 0 saturated carbocycles. The predicted molar refractivity (Wildman–Crippen MR) is 51.5 cm³/mol. The van der Waals surface area contributed by atoms with Crippen molar-refractivity contribution in [2.75, 3.05) is 0 Å². The minimum absolute atomic E-state index is 0.0470. The third-order valence-corrected chi connectivity index (χ3v) is 2.03. The molecule has 0 aromatic rings. The van der Waals surface area contributed by atoms with Crippen molar-refractivity contribution >= 4 is 5.97 Å². The molecule has 0 aromatic heterocycles. The van der Waals surface area contributed by atoms with E-state index in [0.717, 1.165) is 0 Å². The fourth-order valence-electron chi connectivity index (χ4n) is 1.35. The van der Waals surface area contributed by atoms with Crippen molar-refractivity contribution in [3.8, 4) is 0 Å². The minimum atomic E-state index is -0.807. The third-order valence-electron chi connectivity index (χ3n) is 2.03. The maximum atomic E-state index is 10.8. The number of carbonyl (C=O) groups excluding carboxylic acids is 1. The van der Waals surface area contributed by atoms with Gasteiger partial charge in [-0.1, -0.05) is 20.8 Å². The molecule has 0 aliphatic rings. The summed E-state index contributed by atoms with van der Waals surface area (Å²) in [7, 11) is 0. The third kappa shape index (κ3) is 3.72. The molecule has 14 heavy (non-hydrogen) atoms. The topological polar surface area (TPSA) is 69.4 Å². The van der Waals surface area contributed by atoms with Gasteiger partial charge in [0, 0.05) is 18.3 Å². The lowest BCUT2D eigenvalue weighted by molar-refractivity contribution is -0.536. The van der Waals surface area contributed by atoms with Crippen molar-refractivity contribution in [3.63, 3.8) is 0 Å². The predicted octanol–water partition coefficient (Wildman–Crippen LogP) is 1.63. The number of hydrogen-bond donors (Lipinski definition) is 0. The van der Waals surface area contributed by atoms with Crippen LogP contribution in [-0.2, 0) is 9.53 Å². The van der Waals surface area contributed by atoms with Crippen LogP contribution in [0.1, 0.15) is 34.1 Å². The number of hydrogen-bond acceptors (Lipinski definition) is 4. The normalized spacial score (nSPS) is 14.9. The first-order valence-corrected chi connectivity index (χ1v) is 4.70. The lowest BCUT2D eigenvalue weighted by Gasteiger charge is -2.22. The molecule has 2 atom stereocenters. The van der Waals surface area contributed by atoms with Crippen LogP contribution in [0.4, 0.5) is 0 Å². The van der Waals surface area contributed by atoms with Crippen molar-refractivity contribution in [2.24, 2.45) is 5.92 Å². The van der Waals surface area contributed by atoms with Gasteiger partial charge >= 0.3 is 5.97 Å². The molecule has 0 radical (unpaired) electrons. The summed E-state index contributed by atoms with van der Waals surface area (Å²) in [6, 6.07) is -0.807. The van der Waals surface area contributed by atoms with Crippen LogP contribution in [0.5, 0.6) is 0 Å². The molecule has 5 heteroatoms. The summed E-state index contributed by atoms with van der Waals surface area (Å²) < 4.78 is 4.95. The Morgan fingerprint density at radius 2 is 2.00 bits per heavy atom. The van der Waals surface area contributed by atoms with E-state index >= 15 is 0 Å². The van der Waals surface area contributed by atoms with Gasteiger partial charge < -0.3 is 4.74 Å². The molecule has 0 aromatic carbocycles. The minimum Gasteiger partial charge on any atom is -0.455 e. The Kier molecular flexibility index (Phi) is 5.12. The second-order valence-electron chi connectivity index (χ2n) is 3.58. The van der Waals surface area contributed by atoms with Crippen LogP contribution >= 0.6 is 0 Å². The van der Waals surface area contributed by atoms with Gasteiger partial charge in [0.1, 0.15) is 0 Å². The standard InChI is InChI=1S/C9H17NO4/c1-5-8(10(12)13)9(6(2)3)14-7(4)11/h6,8-9H,5H2,1-4H3/t8-,9-/m0/s1. The number of carbonyl (C=O) groups is 1. The van der Waals surface area contributed by atoms with E-state index in [2.05, 4.69) is 0 Å². The molecule has 0 heterocycles. The first kappa shape index (κ1) is 12.9. The molecular formula is C9H17NO4. The monoisotopic (exact) mass is 203 g/mol. The Hall–Kier alpha value is -1.13. The maximum absolute atomic E-state index is 10.8. The van der Waals surface area contributed by atoms with Crippen LogP contribution in [0.2, 0.25) is 0 Å². The van der Waals surface area contributed by atoms with E-state index in [9.17, 15) is 14.9 Å². The molecule has 5 nitrogen and oxygen atoms in total. The van der Waals surface area contributed by atoms with Gasteiger partial charge in [0.05, 0.1) is 0 Å². The Bertz CT molecular complexity index is 215. The van der Waals surface area contributed by atoms with Gasteiger partial charge in [-0.15, -0.1) is 0 Å². The van der Waals surface area contributed by atoms with Crippen LogP contribution < -0.4 is 0 Å². The van der Waals surface area contributed by atoms with Gasteiger partial charge in [-0.2, -0.15) is 0 Å². The molecule has 0 aliphatic carbocycles. The smallest absolute Gasteiger partial charge is 0.303 e. The largest absolute Gasteiger partial charge is 0.455 e. The van der Waals surface area contributed by atoms with Crippen LogP contribution in [0, 0.1) is 16.0 Å². The highest BCUT2D eigenvalue weighted by atomic mass is 16.6. The lowest BCUT2D eigenvalue weighted by atomic mass is 9.98. The average Bonchev–Trinajstić information content (AvgIpc) is 2.02. The summed E-state index contributed by atoms with van der Waals surface area (Å²) in [5.41, 5.74) is 0. The van der Waals surface area contributed by atoms with E-state index < -0.39 is 18.1 Å². The number of nitro groups is 1. The van der Waals surface area contributed by atoms with Crippen molar-refractivity contribution in [1.82, 2.24) is 0 Å². The van der Waals surface area contributed by atoms with Crippen LogP contribution in [0.25, 0.3) is 0 Å². The Balaban J connectivity index is 4.60. The van der Waals surface area contributed by atoms with Gasteiger partial charge in [-0.3, -0.25) is 14.9 Å². The van der Waals surface area contributed by atoms with Gasteiger partial charge in [-0.05, 0) is 5.92 Å². The molecule has 0 amide bonds. The highest BCUT2D eigenvalue weighted by Crippen LogP contribution is 2.16.